The van der Waals surface area contributed by atoms with Gasteiger partial charge in [-0.3, -0.25) is 9.59 Å². The molecule has 0 aliphatic rings. The summed E-state index contributed by atoms with van der Waals surface area (Å²) in [6.07, 6.45) is 0. The van der Waals surface area contributed by atoms with Gasteiger partial charge in [0.25, 0.3) is 10.0 Å². The fraction of sp³-hybridized carbons (Fsp3) is 0.600. The molecule has 9 nitrogen and oxygen atoms in total. The minimum absolute atomic E-state index is 0.0771. The highest BCUT2D eigenvalue weighted by Crippen LogP contribution is 2.23. The number of esters is 1. The highest BCUT2D eigenvalue weighted by molar-refractivity contribution is 7.91. The lowest BCUT2D eigenvalue weighted by molar-refractivity contribution is -0.143. The first-order valence-electron chi connectivity index (χ1n) is 6.08. The first kappa shape index (κ1) is 17.5. The molecule has 0 saturated heterocycles. The van der Waals surface area contributed by atoms with E-state index in [4.69, 9.17) is 4.74 Å². The maximum absolute atomic E-state index is 12.3. The fourth-order valence-corrected chi connectivity index (χ4v) is 3.82. The van der Waals surface area contributed by atoms with Crippen molar-refractivity contribution in [1.29, 1.82) is 0 Å². The number of nitrogens with one attached hydrogen (secondary N) is 1. The first-order chi connectivity index (χ1) is 9.81. The van der Waals surface area contributed by atoms with Crippen molar-refractivity contribution in [3.8, 4) is 0 Å². The molecule has 1 N–H and O–H groups in total. The Morgan fingerprint density at radius 3 is 2.52 bits per heavy atom. The zero-order valence-electron chi connectivity index (χ0n) is 11.8. The van der Waals surface area contributed by atoms with Crippen molar-refractivity contribution in [3.63, 3.8) is 0 Å². The smallest absolute Gasteiger partial charge is 0.321 e. The number of hydrogen-bond donors (Lipinski definition) is 1. The van der Waals surface area contributed by atoms with Crippen LogP contribution in [-0.2, 0) is 24.3 Å². The number of carbonyl (C=O) groups is 2. The van der Waals surface area contributed by atoms with E-state index in [0.29, 0.717) is 11.3 Å². The van der Waals surface area contributed by atoms with E-state index in [0.717, 1.165) is 4.31 Å². The number of ether oxygens (including phenoxy) is 1. The third-order valence-corrected chi connectivity index (χ3v) is 5.32. The molecular formula is C10H16N4O5S2. The summed E-state index contributed by atoms with van der Waals surface area (Å²) in [5.74, 6) is -1.02. The Labute approximate surface area is 126 Å². The summed E-state index contributed by atoms with van der Waals surface area (Å²) in [7, 11) is -3.95. The van der Waals surface area contributed by atoms with Gasteiger partial charge < -0.3 is 10.1 Å². The third-order valence-electron chi connectivity index (χ3n) is 2.21. The Morgan fingerprint density at radius 2 is 2.00 bits per heavy atom. The van der Waals surface area contributed by atoms with E-state index in [1.165, 1.54) is 6.92 Å². The quantitative estimate of drug-likeness (QED) is 0.553. The van der Waals surface area contributed by atoms with Gasteiger partial charge in [0.15, 0.2) is 0 Å². The Bertz CT molecular complexity index is 613. The lowest BCUT2D eigenvalue weighted by atomic mass is 10.6. The number of anilines is 1. The molecule has 0 unspecified atom stereocenters. The highest BCUT2D eigenvalue weighted by Gasteiger charge is 2.29. The Hall–Kier alpha value is -1.59. The number of nitrogens with zero attached hydrogens (tertiary/aromatic N) is 3. The van der Waals surface area contributed by atoms with Crippen LogP contribution in [0.1, 0.15) is 20.8 Å². The zero-order chi connectivity index (χ0) is 16.0. The summed E-state index contributed by atoms with van der Waals surface area (Å²) in [5, 5.41) is 9.53. The number of sulfonamides is 1. The number of likely N-dealkylation sites (N-methyl/N-ethyl adjacent to an activating group) is 1. The van der Waals surface area contributed by atoms with Gasteiger partial charge in [0.1, 0.15) is 6.54 Å². The molecule has 0 fully saturated rings. The molecule has 1 heterocycles. The van der Waals surface area contributed by atoms with Gasteiger partial charge in [0.2, 0.25) is 15.4 Å². The van der Waals surface area contributed by atoms with E-state index < -0.39 is 22.5 Å². The Kier molecular flexibility index (Phi) is 6.18. The van der Waals surface area contributed by atoms with E-state index in [1.807, 2.05) is 0 Å². The van der Waals surface area contributed by atoms with Crippen molar-refractivity contribution >= 4 is 38.4 Å². The number of hydrogen-bond acceptors (Lipinski definition) is 8. The topological polar surface area (TPSA) is 119 Å². The molecule has 0 aliphatic carbocycles. The summed E-state index contributed by atoms with van der Waals surface area (Å²) in [6, 6.07) is 0. The number of rotatable bonds is 7. The van der Waals surface area contributed by atoms with Crippen LogP contribution in [0.3, 0.4) is 0 Å². The molecule has 0 spiro atoms. The fourth-order valence-electron chi connectivity index (χ4n) is 1.34. The maximum Gasteiger partial charge on any atom is 0.321 e. The van der Waals surface area contributed by atoms with Gasteiger partial charge in [-0.2, -0.15) is 4.31 Å². The van der Waals surface area contributed by atoms with Crippen LogP contribution in [0.25, 0.3) is 0 Å². The van der Waals surface area contributed by atoms with Gasteiger partial charge in [-0.25, -0.2) is 8.42 Å². The molecule has 0 saturated carbocycles. The average molecular weight is 336 g/mol. The predicted octanol–water partition coefficient (Wildman–Crippen LogP) is 0.0702. The standard InChI is InChI=1S/C10H16N4O5S2/c1-4-14(6-8(16)19-5-2)21(17,18)10-13-12-9(20-10)11-7(3)15/h4-6H2,1-3H3,(H,11,12,15). The van der Waals surface area contributed by atoms with Crippen LogP contribution in [0.2, 0.25) is 0 Å². The Balaban J connectivity index is 2.93. The monoisotopic (exact) mass is 336 g/mol. The van der Waals surface area contributed by atoms with Gasteiger partial charge in [0, 0.05) is 13.5 Å². The van der Waals surface area contributed by atoms with E-state index in [1.54, 1.807) is 13.8 Å². The van der Waals surface area contributed by atoms with Crippen molar-refractivity contribution < 1.29 is 22.7 Å². The summed E-state index contributed by atoms with van der Waals surface area (Å²) >= 11 is 0.716. The molecule has 0 bridgehead atoms. The molecule has 0 radical (unpaired) electrons. The van der Waals surface area contributed by atoms with Crippen LogP contribution < -0.4 is 5.32 Å². The molecule has 118 valence electrons. The molecule has 0 atom stereocenters. The van der Waals surface area contributed by atoms with Crippen molar-refractivity contribution in [2.75, 3.05) is 25.0 Å². The predicted molar refractivity (Wildman–Crippen MR) is 75.3 cm³/mol. The number of carbonyl (C=O) groups excluding carboxylic acids is 2. The minimum Gasteiger partial charge on any atom is -0.465 e. The second-order valence-corrected chi connectivity index (χ2v) is 6.88. The van der Waals surface area contributed by atoms with Gasteiger partial charge in [-0.15, -0.1) is 10.2 Å². The average Bonchev–Trinajstić information content (AvgIpc) is 2.84. The second-order valence-electron chi connectivity index (χ2n) is 3.79. The lowest BCUT2D eigenvalue weighted by Gasteiger charge is -2.17. The van der Waals surface area contributed by atoms with Crippen molar-refractivity contribution in [3.05, 3.63) is 0 Å². The molecule has 1 amide bonds. The van der Waals surface area contributed by atoms with Crippen LogP contribution >= 0.6 is 11.3 Å². The van der Waals surface area contributed by atoms with Crippen LogP contribution in [0, 0.1) is 0 Å². The van der Waals surface area contributed by atoms with Crippen molar-refractivity contribution in [1.82, 2.24) is 14.5 Å². The lowest BCUT2D eigenvalue weighted by Crippen LogP contribution is -2.36. The van der Waals surface area contributed by atoms with Crippen molar-refractivity contribution in [2.24, 2.45) is 0 Å². The Morgan fingerprint density at radius 1 is 1.33 bits per heavy atom. The third kappa shape index (κ3) is 4.72. The van der Waals surface area contributed by atoms with E-state index >= 15 is 0 Å². The number of aromatic nitrogens is 2. The second kappa shape index (κ2) is 7.43. The molecule has 0 aromatic carbocycles. The first-order valence-corrected chi connectivity index (χ1v) is 8.33. The molecule has 0 aliphatic heterocycles. The summed E-state index contributed by atoms with van der Waals surface area (Å²) in [6.45, 7) is 4.34. The highest BCUT2D eigenvalue weighted by atomic mass is 32.2. The zero-order valence-corrected chi connectivity index (χ0v) is 13.5. The van der Waals surface area contributed by atoms with Crippen LogP contribution in [0.15, 0.2) is 4.34 Å². The molecule has 1 aromatic heterocycles. The SMILES string of the molecule is CCOC(=O)CN(CC)S(=O)(=O)c1nnc(NC(C)=O)s1. The molecule has 11 heteroatoms. The summed E-state index contributed by atoms with van der Waals surface area (Å²) in [5.41, 5.74) is 0. The molecule has 1 aromatic rings. The summed E-state index contributed by atoms with van der Waals surface area (Å²) < 4.78 is 30.0. The minimum atomic E-state index is -3.95. The van der Waals surface area contributed by atoms with Gasteiger partial charge in [-0.1, -0.05) is 18.3 Å². The van der Waals surface area contributed by atoms with Crippen LogP contribution in [-0.4, -0.2) is 54.5 Å². The molecular weight excluding hydrogens is 320 g/mol. The molecule has 21 heavy (non-hydrogen) atoms. The van der Waals surface area contributed by atoms with Crippen LogP contribution in [0.5, 0.6) is 0 Å². The number of amides is 1. The van der Waals surface area contributed by atoms with E-state index in [2.05, 4.69) is 15.5 Å². The van der Waals surface area contributed by atoms with Crippen LogP contribution in [0.4, 0.5) is 5.13 Å². The molecule has 1 rings (SSSR count). The van der Waals surface area contributed by atoms with Crippen molar-refractivity contribution in [2.45, 2.75) is 25.1 Å². The summed E-state index contributed by atoms with van der Waals surface area (Å²) in [4.78, 5) is 22.3. The van der Waals surface area contributed by atoms with Gasteiger partial charge in [0.05, 0.1) is 6.61 Å². The van der Waals surface area contributed by atoms with Gasteiger partial charge in [-0.05, 0) is 6.92 Å². The normalized spacial score (nSPS) is 11.4. The van der Waals surface area contributed by atoms with Gasteiger partial charge >= 0.3 is 5.97 Å². The maximum atomic E-state index is 12.3. The van der Waals surface area contributed by atoms with E-state index in [-0.39, 0.29) is 28.5 Å². The largest absolute Gasteiger partial charge is 0.465 e. The van der Waals surface area contributed by atoms with E-state index in [9.17, 15) is 18.0 Å².